The zero-order chi connectivity index (χ0) is 15.3. The van der Waals surface area contributed by atoms with Crippen molar-refractivity contribution in [3.63, 3.8) is 0 Å². The van der Waals surface area contributed by atoms with E-state index in [0.717, 1.165) is 25.5 Å². The second-order valence-corrected chi connectivity index (χ2v) is 5.60. The van der Waals surface area contributed by atoms with Crippen molar-refractivity contribution in [1.29, 1.82) is 0 Å². The Labute approximate surface area is 131 Å². The smallest absolute Gasteiger partial charge is 0.229 e. The number of benzene rings is 1. The zero-order valence-corrected chi connectivity index (χ0v) is 14.1. The van der Waals surface area contributed by atoms with Gasteiger partial charge in [-0.15, -0.1) is 0 Å². The van der Waals surface area contributed by atoms with Crippen LogP contribution in [0.1, 0.15) is 31.4 Å². The summed E-state index contributed by atoms with van der Waals surface area (Å²) in [5.74, 6) is 0. The molecule has 116 valence electrons. The van der Waals surface area contributed by atoms with Gasteiger partial charge in [0, 0.05) is 19.8 Å². The molecule has 0 saturated heterocycles. The Morgan fingerprint density at radius 3 is 2.57 bits per heavy atom. The molecular formula is C17H26O3Si. The van der Waals surface area contributed by atoms with Gasteiger partial charge in [0.05, 0.1) is 0 Å². The summed E-state index contributed by atoms with van der Waals surface area (Å²) in [5, 5.41) is 0. The van der Waals surface area contributed by atoms with Gasteiger partial charge in [-0.2, -0.15) is 0 Å². The predicted molar refractivity (Wildman–Crippen MR) is 88.4 cm³/mol. The lowest BCUT2D eigenvalue weighted by Crippen LogP contribution is -2.18. The van der Waals surface area contributed by atoms with E-state index in [9.17, 15) is 0 Å². The van der Waals surface area contributed by atoms with Crippen LogP contribution in [0.4, 0.5) is 0 Å². The molecular weight excluding hydrogens is 280 g/mol. The molecule has 2 radical (unpaired) electrons. The summed E-state index contributed by atoms with van der Waals surface area (Å²) in [6.45, 7) is 9.93. The van der Waals surface area contributed by atoms with Gasteiger partial charge in [0.1, 0.15) is 0 Å². The van der Waals surface area contributed by atoms with Crippen LogP contribution in [0, 0.1) is 0 Å². The van der Waals surface area contributed by atoms with Crippen molar-refractivity contribution >= 4 is 15.8 Å². The minimum Gasteiger partial charge on any atom is -0.417 e. The zero-order valence-electron chi connectivity index (χ0n) is 13.1. The molecule has 0 aliphatic rings. The molecule has 0 aliphatic carbocycles. The maximum absolute atomic E-state index is 5.73. The van der Waals surface area contributed by atoms with Crippen LogP contribution in [0.2, 0.25) is 6.04 Å². The molecule has 0 atom stereocenters. The molecule has 0 N–H and O–H groups in total. The molecule has 1 aromatic rings. The molecule has 0 aliphatic heterocycles. The molecule has 0 amide bonds. The fourth-order valence-corrected chi connectivity index (χ4v) is 2.77. The fraction of sp³-hybridized carbons (Fsp3) is 0.529. The average Bonchev–Trinajstić information content (AvgIpc) is 2.51. The van der Waals surface area contributed by atoms with Gasteiger partial charge >= 0.3 is 0 Å². The first kappa shape index (κ1) is 18.1. The average molecular weight is 306 g/mol. The summed E-state index contributed by atoms with van der Waals surface area (Å²) in [6.07, 6.45) is 3.63. The molecule has 0 fully saturated rings. The van der Waals surface area contributed by atoms with E-state index >= 15 is 0 Å². The van der Waals surface area contributed by atoms with E-state index in [1.807, 2.05) is 26.0 Å². The largest absolute Gasteiger partial charge is 0.417 e. The molecule has 21 heavy (non-hydrogen) atoms. The van der Waals surface area contributed by atoms with Crippen molar-refractivity contribution in [3.05, 3.63) is 42.0 Å². The highest BCUT2D eigenvalue weighted by Crippen LogP contribution is 2.11. The summed E-state index contributed by atoms with van der Waals surface area (Å²) in [4.78, 5) is 0. The molecule has 1 aromatic carbocycles. The lowest BCUT2D eigenvalue weighted by molar-refractivity contribution is -0.136. The molecule has 3 nitrogen and oxygen atoms in total. The third kappa shape index (κ3) is 7.57. The monoisotopic (exact) mass is 306 g/mol. The minimum atomic E-state index is -0.0856. The Morgan fingerprint density at radius 2 is 1.90 bits per heavy atom. The van der Waals surface area contributed by atoms with Gasteiger partial charge in [-0.3, -0.25) is 0 Å². The molecule has 0 heterocycles. The van der Waals surface area contributed by atoms with Crippen LogP contribution in [0.5, 0.6) is 0 Å². The van der Waals surface area contributed by atoms with Crippen molar-refractivity contribution in [1.82, 2.24) is 0 Å². The number of hydrogen-bond donors (Lipinski definition) is 0. The highest BCUT2D eigenvalue weighted by molar-refractivity contribution is 6.26. The number of ether oxygens (including phenoxy) is 2. The molecule has 0 aromatic heterocycles. The van der Waals surface area contributed by atoms with Gasteiger partial charge < -0.3 is 13.9 Å². The topological polar surface area (TPSA) is 27.7 Å². The quantitative estimate of drug-likeness (QED) is 0.335. The lowest BCUT2D eigenvalue weighted by Gasteiger charge is -2.16. The third-order valence-corrected chi connectivity index (χ3v) is 3.94. The highest BCUT2D eigenvalue weighted by Gasteiger charge is 2.08. The molecule has 0 spiro atoms. The van der Waals surface area contributed by atoms with Gasteiger partial charge in [0.2, 0.25) is 9.76 Å². The van der Waals surface area contributed by atoms with E-state index in [-0.39, 0.29) is 6.29 Å². The SMILES string of the molecule is C=Cc1ccccc1CCO[Si]CCC(OCC)OCC. The summed E-state index contributed by atoms with van der Waals surface area (Å²) in [6, 6.07) is 9.28. The number of hydrogen-bond acceptors (Lipinski definition) is 3. The van der Waals surface area contributed by atoms with E-state index < -0.39 is 0 Å². The Kier molecular flexibility index (Phi) is 10.1. The van der Waals surface area contributed by atoms with Crippen LogP contribution in [-0.2, 0) is 20.3 Å². The van der Waals surface area contributed by atoms with E-state index in [1.165, 1.54) is 11.1 Å². The fourth-order valence-electron chi connectivity index (χ4n) is 2.03. The third-order valence-electron chi connectivity index (χ3n) is 3.04. The highest BCUT2D eigenvalue weighted by atomic mass is 28.2. The van der Waals surface area contributed by atoms with E-state index in [0.29, 0.717) is 23.0 Å². The number of rotatable bonds is 12. The molecule has 0 bridgehead atoms. The van der Waals surface area contributed by atoms with Gasteiger partial charge in [0.25, 0.3) is 0 Å². The van der Waals surface area contributed by atoms with Crippen LogP contribution >= 0.6 is 0 Å². The van der Waals surface area contributed by atoms with Crippen molar-refractivity contribution in [2.45, 2.75) is 39.0 Å². The van der Waals surface area contributed by atoms with Crippen molar-refractivity contribution in [2.75, 3.05) is 19.8 Å². The first-order valence-electron chi connectivity index (χ1n) is 7.60. The van der Waals surface area contributed by atoms with Crippen molar-refractivity contribution in [2.24, 2.45) is 0 Å². The minimum absolute atomic E-state index is 0.0856. The van der Waals surface area contributed by atoms with E-state index in [1.54, 1.807) is 0 Å². The molecule has 0 unspecified atom stereocenters. The van der Waals surface area contributed by atoms with Crippen LogP contribution in [0.15, 0.2) is 30.8 Å². The van der Waals surface area contributed by atoms with Gasteiger partial charge in [-0.25, -0.2) is 0 Å². The van der Waals surface area contributed by atoms with E-state index in [4.69, 9.17) is 13.9 Å². The Morgan fingerprint density at radius 1 is 1.19 bits per heavy atom. The standard InChI is InChI=1S/C17H26O3Si/c1-4-15-9-7-8-10-16(15)11-13-20-21-14-12-17(18-5-2)19-6-3/h4,7-10,17H,1,5-6,11-14H2,2-3H3. The maximum Gasteiger partial charge on any atom is 0.229 e. The van der Waals surface area contributed by atoms with Crippen LogP contribution in [-0.4, -0.2) is 35.9 Å². The predicted octanol–water partition coefficient (Wildman–Crippen LogP) is 3.72. The summed E-state index contributed by atoms with van der Waals surface area (Å²) >= 11 is 0. The van der Waals surface area contributed by atoms with Crippen LogP contribution in [0.25, 0.3) is 6.08 Å². The first-order valence-corrected chi connectivity index (χ1v) is 8.71. The van der Waals surface area contributed by atoms with E-state index in [2.05, 4.69) is 24.8 Å². The summed E-state index contributed by atoms with van der Waals surface area (Å²) in [5.41, 5.74) is 2.48. The maximum atomic E-state index is 5.73. The summed E-state index contributed by atoms with van der Waals surface area (Å²) < 4.78 is 16.7. The Balaban J connectivity index is 2.15. The molecule has 4 heteroatoms. The van der Waals surface area contributed by atoms with Gasteiger partial charge in [-0.1, -0.05) is 36.9 Å². The van der Waals surface area contributed by atoms with Gasteiger partial charge in [0.15, 0.2) is 6.29 Å². The summed E-state index contributed by atoms with van der Waals surface area (Å²) in [7, 11) is 0.497. The molecule has 0 saturated carbocycles. The van der Waals surface area contributed by atoms with Crippen molar-refractivity contribution in [3.8, 4) is 0 Å². The van der Waals surface area contributed by atoms with Crippen LogP contribution < -0.4 is 0 Å². The second-order valence-electron chi connectivity index (χ2n) is 4.52. The lowest BCUT2D eigenvalue weighted by atomic mass is 10.1. The Hall–Kier alpha value is -0.943. The van der Waals surface area contributed by atoms with Gasteiger partial charge in [-0.05, 0) is 43.9 Å². The Bertz CT molecular complexity index is 389. The first-order chi connectivity index (χ1) is 10.3. The normalized spacial score (nSPS) is 11.0. The van der Waals surface area contributed by atoms with Crippen LogP contribution in [0.3, 0.4) is 0 Å². The molecule has 1 rings (SSSR count). The second kappa shape index (κ2) is 11.7. The van der Waals surface area contributed by atoms with Crippen molar-refractivity contribution < 1.29 is 13.9 Å².